The van der Waals surface area contributed by atoms with Crippen LogP contribution >= 0.6 is 0 Å². The van der Waals surface area contributed by atoms with Crippen LogP contribution in [0, 0.1) is 11.8 Å². The molecule has 3 N–H and O–H groups in total. The van der Waals surface area contributed by atoms with Crippen molar-refractivity contribution in [1.29, 1.82) is 0 Å². The summed E-state index contributed by atoms with van der Waals surface area (Å²) in [6.07, 6.45) is 0.813. The Labute approximate surface area is 127 Å². The van der Waals surface area contributed by atoms with Crippen molar-refractivity contribution in [1.82, 2.24) is 10.6 Å². The molecule has 1 aromatic rings. The maximum absolute atomic E-state index is 12.3. The highest BCUT2D eigenvalue weighted by Crippen LogP contribution is 2.50. The van der Waals surface area contributed by atoms with E-state index in [4.69, 9.17) is 5.11 Å². The zero-order valence-corrected chi connectivity index (χ0v) is 12.2. The summed E-state index contributed by atoms with van der Waals surface area (Å²) >= 11 is 0. The van der Waals surface area contributed by atoms with Gasteiger partial charge in [0, 0.05) is 5.92 Å². The number of carbonyl (C=O) groups excluding carboxylic acids is 2. The van der Waals surface area contributed by atoms with Crippen LogP contribution in [0.15, 0.2) is 30.3 Å². The van der Waals surface area contributed by atoms with E-state index in [1.165, 1.54) is 0 Å². The Morgan fingerprint density at radius 1 is 1.36 bits per heavy atom. The van der Waals surface area contributed by atoms with Gasteiger partial charge < -0.3 is 10.4 Å². The Balaban J connectivity index is 1.86. The number of carboxylic acid groups (broad SMARTS) is 1. The lowest BCUT2D eigenvalue weighted by Crippen LogP contribution is -2.50. The minimum absolute atomic E-state index is 0.0281. The quantitative estimate of drug-likeness (QED) is 0.718. The van der Waals surface area contributed by atoms with E-state index in [-0.39, 0.29) is 11.8 Å². The summed E-state index contributed by atoms with van der Waals surface area (Å²) in [5.74, 6) is -2.20. The first-order valence-corrected chi connectivity index (χ1v) is 7.35. The standard InChI is InChI=1S/C16H18N2O4/c1-9(10-5-3-2-4-6-10)8-16(12-7-11(12)13(19)20)14(21)17-15(22)18-16/h2-6,9,11-12H,7-8H2,1H3,(H,19,20)(H2,17,18,21,22)/t9?,11-,12-,16?/m0/s1. The molecule has 1 heterocycles. The molecule has 2 fully saturated rings. The SMILES string of the molecule is CC(CC1([C@H]2C[C@@H]2C(=O)O)NC(=O)NC1=O)c1ccccc1. The number of hydrogen-bond acceptors (Lipinski definition) is 3. The molecule has 1 aromatic carbocycles. The Morgan fingerprint density at radius 3 is 2.55 bits per heavy atom. The molecule has 22 heavy (non-hydrogen) atoms. The van der Waals surface area contributed by atoms with Crippen molar-refractivity contribution in [3.8, 4) is 0 Å². The predicted octanol–water partition coefficient (Wildman–Crippen LogP) is 1.48. The number of carbonyl (C=O) groups is 3. The van der Waals surface area contributed by atoms with Gasteiger partial charge in [-0.15, -0.1) is 0 Å². The van der Waals surface area contributed by atoms with Crippen molar-refractivity contribution in [2.45, 2.75) is 31.2 Å². The summed E-state index contributed by atoms with van der Waals surface area (Å²) in [6.45, 7) is 1.98. The van der Waals surface area contributed by atoms with Gasteiger partial charge in [-0.3, -0.25) is 14.9 Å². The summed E-state index contributed by atoms with van der Waals surface area (Å²) in [6, 6.07) is 9.15. The Hall–Kier alpha value is -2.37. The lowest BCUT2D eigenvalue weighted by Gasteiger charge is -2.29. The maximum atomic E-state index is 12.3. The van der Waals surface area contributed by atoms with Crippen molar-refractivity contribution < 1.29 is 19.5 Å². The number of urea groups is 1. The van der Waals surface area contributed by atoms with Crippen molar-refractivity contribution in [2.24, 2.45) is 11.8 Å². The van der Waals surface area contributed by atoms with E-state index in [1.807, 2.05) is 37.3 Å². The van der Waals surface area contributed by atoms with Gasteiger partial charge in [-0.25, -0.2) is 4.79 Å². The molecule has 0 bridgehead atoms. The maximum Gasteiger partial charge on any atom is 0.322 e. The molecule has 3 rings (SSSR count). The van der Waals surface area contributed by atoms with E-state index in [1.54, 1.807) is 0 Å². The molecule has 1 aliphatic carbocycles. The second-order valence-corrected chi connectivity index (χ2v) is 6.18. The number of rotatable bonds is 5. The van der Waals surface area contributed by atoms with Crippen LogP contribution in [0.5, 0.6) is 0 Å². The minimum Gasteiger partial charge on any atom is -0.481 e. The zero-order chi connectivity index (χ0) is 15.9. The van der Waals surface area contributed by atoms with Gasteiger partial charge in [-0.2, -0.15) is 0 Å². The fourth-order valence-electron chi connectivity index (χ4n) is 3.46. The summed E-state index contributed by atoms with van der Waals surface area (Å²) < 4.78 is 0. The molecular weight excluding hydrogens is 284 g/mol. The molecule has 6 nitrogen and oxygen atoms in total. The Morgan fingerprint density at radius 2 is 2.05 bits per heavy atom. The lowest BCUT2D eigenvalue weighted by atomic mass is 9.80. The average molecular weight is 302 g/mol. The van der Waals surface area contributed by atoms with Crippen molar-refractivity contribution >= 4 is 17.9 Å². The molecule has 2 unspecified atom stereocenters. The number of carboxylic acids is 1. The van der Waals surface area contributed by atoms with Crippen LogP contribution in [-0.2, 0) is 9.59 Å². The second kappa shape index (κ2) is 5.12. The summed E-state index contributed by atoms with van der Waals surface area (Å²) in [5, 5.41) is 14.1. The molecule has 1 saturated heterocycles. The third kappa shape index (κ3) is 2.34. The third-order valence-electron chi connectivity index (χ3n) is 4.71. The molecule has 0 aromatic heterocycles. The first-order valence-electron chi connectivity index (χ1n) is 7.35. The van der Waals surface area contributed by atoms with Gasteiger partial charge in [-0.05, 0) is 24.3 Å². The fourth-order valence-corrected chi connectivity index (χ4v) is 3.46. The van der Waals surface area contributed by atoms with Gasteiger partial charge in [0.25, 0.3) is 5.91 Å². The molecule has 1 aliphatic heterocycles. The number of imide groups is 1. The molecule has 3 amide bonds. The van der Waals surface area contributed by atoms with Crippen molar-refractivity contribution in [3.05, 3.63) is 35.9 Å². The Bertz CT molecular complexity index is 630. The van der Waals surface area contributed by atoms with Crippen LogP contribution in [0.2, 0.25) is 0 Å². The van der Waals surface area contributed by atoms with Crippen LogP contribution in [-0.4, -0.2) is 28.6 Å². The normalized spacial score (nSPS) is 31.3. The topological polar surface area (TPSA) is 95.5 Å². The fraction of sp³-hybridized carbons (Fsp3) is 0.438. The molecule has 4 atom stereocenters. The van der Waals surface area contributed by atoms with Crippen molar-refractivity contribution in [3.63, 3.8) is 0 Å². The highest BCUT2D eigenvalue weighted by Gasteiger charge is 2.63. The molecule has 116 valence electrons. The van der Waals surface area contributed by atoms with Gasteiger partial charge in [0.15, 0.2) is 0 Å². The van der Waals surface area contributed by atoms with E-state index in [2.05, 4.69) is 10.6 Å². The minimum atomic E-state index is -1.12. The van der Waals surface area contributed by atoms with Crippen LogP contribution < -0.4 is 10.6 Å². The van der Waals surface area contributed by atoms with E-state index in [0.29, 0.717) is 12.8 Å². The highest BCUT2D eigenvalue weighted by atomic mass is 16.4. The molecule has 0 spiro atoms. The monoisotopic (exact) mass is 302 g/mol. The number of amides is 3. The van der Waals surface area contributed by atoms with E-state index >= 15 is 0 Å². The van der Waals surface area contributed by atoms with Crippen LogP contribution in [0.3, 0.4) is 0 Å². The Kier molecular flexibility index (Phi) is 3.39. The van der Waals surface area contributed by atoms with Crippen LogP contribution in [0.4, 0.5) is 4.79 Å². The smallest absolute Gasteiger partial charge is 0.322 e. The van der Waals surface area contributed by atoms with Crippen LogP contribution in [0.25, 0.3) is 0 Å². The first-order chi connectivity index (χ1) is 10.4. The average Bonchev–Trinajstić information content (AvgIpc) is 3.23. The van der Waals surface area contributed by atoms with Gasteiger partial charge in [0.2, 0.25) is 0 Å². The number of hydrogen-bond donors (Lipinski definition) is 3. The first kappa shape index (κ1) is 14.6. The van der Waals surface area contributed by atoms with Crippen LogP contribution in [0.1, 0.15) is 31.2 Å². The summed E-state index contributed by atoms with van der Waals surface area (Å²) in [4.78, 5) is 35.1. The lowest BCUT2D eigenvalue weighted by molar-refractivity contribution is -0.139. The molecule has 1 saturated carbocycles. The molecule has 0 radical (unpaired) electrons. The predicted molar refractivity (Wildman–Crippen MR) is 78.1 cm³/mol. The highest BCUT2D eigenvalue weighted by molar-refractivity contribution is 6.08. The van der Waals surface area contributed by atoms with Gasteiger partial charge in [-0.1, -0.05) is 37.3 Å². The van der Waals surface area contributed by atoms with E-state index < -0.39 is 29.4 Å². The van der Waals surface area contributed by atoms with Crippen molar-refractivity contribution in [2.75, 3.05) is 0 Å². The molecule has 2 aliphatic rings. The third-order valence-corrected chi connectivity index (χ3v) is 4.71. The van der Waals surface area contributed by atoms with Gasteiger partial charge in [0.05, 0.1) is 5.92 Å². The molecule has 6 heteroatoms. The van der Waals surface area contributed by atoms with Gasteiger partial charge >= 0.3 is 12.0 Å². The second-order valence-electron chi connectivity index (χ2n) is 6.18. The molecular formula is C16H18N2O4. The summed E-state index contributed by atoms with van der Waals surface area (Å²) in [5.41, 5.74) is -0.0570. The van der Waals surface area contributed by atoms with E-state index in [9.17, 15) is 14.4 Å². The number of aliphatic carboxylic acids is 1. The largest absolute Gasteiger partial charge is 0.481 e. The van der Waals surface area contributed by atoms with Gasteiger partial charge in [0.1, 0.15) is 5.54 Å². The number of benzene rings is 1. The zero-order valence-electron chi connectivity index (χ0n) is 12.2. The number of nitrogens with one attached hydrogen (secondary N) is 2. The summed E-state index contributed by atoms with van der Waals surface area (Å²) in [7, 11) is 0. The van der Waals surface area contributed by atoms with E-state index in [0.717, 1.165) is 5.56 Å².